The van der Waals surface area contributed by atoms with Gasteiger partial charge in [-0.1, -0.05) is 22.0 Å². The van der Waals surface area contributed by atoms with Crippen LogP contribution in [0.5, 0.6) is 11.5 Å². The molecule has 1 aliphatic heterocycles. The Morgan fingerprint density at radius 3 is 2.86 bits per heavy atom. The first kappa shape index (κ1) is 20.2. The molecule has 0 unspecified atom stereocenters. The van der Waals surface area contributed by atoms with Crippen LogP contribution < -0.4 is 19.7 Å². The molecule has 2 aromatic carbocycles. The highest BCUT2D eigenvalue weighted by atomic mass is 79.9. The summed E-state index contributed by atoms with van der Waals surface area (Å²) in [5.74, 6) is 0.513. The molecule has 28 heavy (non-hydrogen) atoms. The van der Waals surface area contributed by atoms with Crippen molar-refractivity contribution >= 4 is 39.1 Å². The SMILES string of the molecule is COCCOc1cc(C)ccc1NC(=O)CN1C(=O)COc2cc(Br)ccc21. The number of carbonyl (C=O) groups is 2. The molecule has 0 atom stereocenters. The molecule has 1 heterocycles. The first-order valence-electron chi connectivity index (χ1n) is 8.73. The maximum absolute atomic E-state index is 12.6. The molecular formula is C20H21BrN2O5. The Morgan fingerprint density at radius 2 is 2.07 bits per heavy atom. The number of methoxy groups -OCH3 is 1. The Bertz CT molecular complexity index is 887. The number of ether oxygens (including phenoxy) is 3. The summed E-state index contributed by atoms with van der Waals surface area (Å²) in [6.07, 6.45) is 0. The van der Waals surface area contributed by atoms with Gasteiger partial charge in [-0.2, -0.15) is 0 Å². The highest BCUT2D eigenvalue weighted by Crippen LogP contribution is 2.34. The molecule has 0 bridgehead atoms. The Kier molecular flexibility index (Phi) is 6.53. The number of amides is 2. The molecule has 0 spiro atoms. The van der Waals surface area contributed by atoms with Crippen LogP contribution in [0.2, 0.25) is 0 Å². The first-order valence-corrected chi connectivity index (χ1v) is 9.52. The molecule has 0 fully saturated rings. The van der Waals surface area contributed by atoms with Crippen molar-refractivity contribution < 1.29 is 23.8 Å². The normalized spacial score (nSPS) is 13.0. The van der Waals surface area contributed by atoms with Crippen LogP contribution in [0, 0.1) is 6.92 Å². The zero-order chi connectivity index (χ0) is 20.1. The van der Waals surface area contributed by atoms with Crippen LogP contribution in [0.1, 0.15) is 5.56 Å². The van der Waals surface area contributed by atoms with Gasteiger partial charge in [-0.25, -0.2) is 0 Å². The minimum absolute atomic E-state index is 0.105. The van der Waals surface area contributed by atoms with Crippen LogP contribution in [0.4, 0.5) is 11.4 Å². The minimum Gasteiger partial charge on any atom is -0.489 e. The van der Waals surface area contributed by atoms with Gasteiger partial charge < -0.3 is 19.5 Å². The lowest BCUT2D eigenvalue weighted by molar-refractivity contribution is -0.123. The van der Waals surface area contributed by atoms with Crippen molar-refractivity contribution in [1.29, 1.82) is 0 Å². The molecule has 0 aliphatic carbocycles. The van der Waals surface area contributed by atoms with E-state index in [9.17, 15) is 9.59 Å². The van der Waals surface area contributed by atoms with Gasteiger partial charge in [-0.05, 0) is 42.8 Å². The Hall–Kier alpha value is -2.58. The van der Waals surface area contributed by atoms with Crippen LogP contribution in [-0.4, -0.2) is 45.3 Å². The third kappa shape index (κ3) is 4.82. The molecule has 8 heteroatoms. The molecule has 1 aliphatic rings. The summed E-state index contributed by atoms with van der Waals surface area (Å²) in [5.41, 5.74) is 2.12. The fraction of sp³-hybridized carbons (Fsp3) is 0.300. The molecule has 2 aromatic rings. The van der Waals surface area contributed by atoms with E-state index in [0.717, 1.165) is 10.0 Å². The number of hydrogen-bond acceptors (Lipinski definition) is 5. The zero-order valence-electron chi connectivity index (χ0n) is 15.7. The average Bonchev–Trinajstić information content (AvgIpc) is 2.66. The lowest BCUT2D eigenvalue weighted by atomic mass is 10.2. The van der Waals surface area contributed by atoms with Crippen molar-refractivity contribution in [3.63, 3.8) is 0 Å². The molecule has 148 valence electrons. The predicted octanol–water partition coefficient (Wildman–Crippen LogP) is 3.15. The topological polar surface area (TPSA) is 77.1 Å². The quantitative estimate of drug-likeness (QED) is 0.658. The van der Waals surface area contributed by atoms with E-state index in [1.165, 1.54) is 4.90 Å². The van der Waals surface area contributed by atoms with Crippen molar-refractivity contribution in [1.82, 2.24) is 0 Å². The number of carbonyl (C=O) groups excluding carboxylic acids is 2. The number of nitrogens with one attached hydrogen (secondary N) is 1. The van der Waals surface area contributed by atoms with E-state index in [-0.39, 0.29) is 25.0 Å². The van der Waals surface area contributed by atoms with E-state index in [1.54, 1.807) is 31.4 Å². The lowest BCUT2D eigenvalue weighted by Gasteiger charge is -2.29. The van der Waals surface area contributed by atoms with Crippen molar-refractivity contribution in [2.75, 3.05) is 43.7 Å². The minimum atomic E-state index is -0.329. The second-order valence-electron chi connectivity index (χ2n) is 6.27. The summed E-state index contributed by atoms with van der Waals surface area (Å²) >= 11 is 3.37. The van der Waals surface area contributed by atoms with Gasteiger partial charge in [0.2, 0.25) is 5.91 Å². The predicted molar refractivity (Wildman–Crippen MR) is 109 cm³/mol. The van der Waals surface area contributed by atoms with Gasteiger partial charge in [0.25, 0.3) is 5.91 Å². The maximum Gasteiger partial charge on any atom is 0.265 e. The second-order valence-corrected chi connectivity index (χ2v) is 7.19. The Balaban J connectivity index is 1.73. The number of anilines is 2. The smallest absolute Gasteiger partial charge is 0.265 e. The zero-order valence-corrected chi connectivity index (χ0v) is 17.2. The standard InChI is InChI=1S/C20H21BrN2O5/c1-13-3-5-15(17(9-13)27-8-7-26-2)22-19(24)11-23-16-6-4-14(21)10-18(16)28-12-20(23)25/h3-6,9-10H,7-8,11-12H2,1-2H3,(H,22,24). The molecule has 0 saturated heterocycles. The summed E-state index contributed by atoms with van der Waals surface area (Å²) in [4.78, 5) is 26.3. The largest absolute Gasteiger partial charge is 0.489 e. The van der Waals surface area contributed by atoms with Crippen molar-refractivity contribution in [2.24, 2.45) is 0 Å². The number of nitrogens with zero attached hydrogens (tertiary/aromatic N) is 1. The van der Waals surface area contributed by atoms with E-state index in [1.807, 2.05) is 19.1 Å². The van der Waals surface area contributed by atoms with Gasteiger partial charge in [0.1, 0.15) is 24.7 Å². The molecule has 2 amide bonds. The number of hydrogen-bond donors (Lipinski definition) is 1. The van der Waals surface area contributed by atoms with Gasteiger partial charge in [0.05, 0.1) is 18.0 Å². The van der Waals surface area contributed by atoms with Gasteiger partial charge in [-0.3, -0.25) is 14.5 Å². The van der Waals surface area contributed by atoms with Crippen LogP contribution in [0.15, 0.2) is 40.9 Å². The molecule has 0 radical (unpaired) electrons. The molecule has 1 N–H and O–H groups in total. The summed E-state index contributed by atoms with van der Waals surface area (Å²) in [6.45, 7) is 2.52. The summed E-state index contributed by atoms with van der Waals surface area (Å²) in [7, 11) is 1.60. The van der Waals surface area contributed by atoms with E-state index in [0.29, 0.717) is 36.1 Å². The molecular weight excluding hydrogens is 428 g/mol. The molecule has 0 aromatic heterocycles. The van der Waals surface area contributed by atoms with E-state index < -0.39 is 0 Å². The number of halogens is 1. The average molecular weight is 449 g/mol. The Morgan fingerprint density at radius 1 is 1.25 bits per heavy atom. The fourth-order valence-electron chi connectivity index (χ4n) is 2.77. The highest BCUT2D eigenvalue weighted by Gasteiger charge is 2.27. The van der Waals surface area contributed by atoms with Crippen molar-refractivity contribution in [2.45, 2.75) is 6.92 Å². The summed E-state index contributed by atoms with van der Waals surface area (Å²) < 4.78 is 17.0. The van der Waals surface area contributed by atoms with Crippen molar-refractivity contribution in [3.8, 4) is 11.5 Å². The van der Waals surface area contributed by atoms with Gasteiger partial charge in [0.15, 0.2) is 6.61 Å². The van der Waals surface area contributed by atoms with E-state index in [2.05, 4.69) is 21.2 Å². The first-order chi connectivity index (χ1) is 13.5. The van der Waals surface area contributed by atoms with E-state index in [4.69, 9.17) is 14.2 Å². The van der Waals surface area contributed by atoms with Gasteiger partial charge in [-0.15, -0.1) is 0 Å². The maximum atomic E-state index is 12.6. The van der Waals surface area contributed by atoms with Crippen LogP contribution in [0.3, 0.4) is 0 Å². The third-order valence-electron chi connectivity index (χ3n) is 4.12. The molecule has 3 rings (SSSR count). The number of aryl methyl sites for hydroxylation is 1. The second kappa shape index (κ2) is 9.07. The van der Waals surface area contributed by atoms with Crippen LogP contribution >= 0.6 is 15.9 Å². The number of rotatable bonds is 7. The lowest BCUT2D eigenvalue weighted by Crippen LogP contribution is -2.43. The monoisotopic (exact) mass is 448 g/mol. The summed E-state index contributed by atoms with van der Waals surface area (Å²) in [6, 6.07) is 10.8. The summed E-state index contributed by atoms with van der Waals surface area (Å²) in [5, 5.41) is 2.83. The van der Waals surface area contributed by atoms with E-state index >= 15 is 0 Å². The Labute approximate surface area is 171 Å². The van der Waals surface area contributed by atoms with Crippen molar-refractivity contribution in [3.05, 3.63) is 46.4 Å². The number of fused-ring (bicyclic) bond motifs is 1. The van der Waals surface area contributed by atoms with Gasteiger partial charge >= 0.3 is 0 Å². The fourth-order valence-corrected chi connectivity index (χ4v) is 3.11. The van der Waals surface area contributed by atoms with Crippen LogP contribution in [-0.2, 0) is 14.3 Å². The molecule has 7 nitrogen and oxygen atoms in total. The van der Waals surface area contributed by atoms with Gasteiger partial charge in [0, 0.05) is 11.6 Å². The number of benzene rings is 2. The third-order valence-corrected chi connectivity index (χ3v) is 4.62. The van der Waals surface area contributed by atoms with Crippen LogP contribution in [0.25, 0.3) is 0 Å². The highest BCUT2D eigenvalue weighted by molar-refractivity contribution is 9.10. The molecule has 0 saturated carbocycles.